The number of anilines is 3. The summed E-state index contributed by atoms with van der Waals surface area (Å²) in [6.45, 7) is 0. The van der Waals surface area contributed by atoms with E-state index in [0.717, 1.165) is 12.1 Å². The summed E-state index contributed by atoms with van der Waals surface area (Å²) in [5.41, 5.74) is 6.57. The topological polar surface area (TPSA) is 47.3 Å². The van der Waals surface area contributed by atoms with Crippen molar-refractivity contribution in [3.63, 3.8) is 0 Å². The fourth-order valence-corrected chi connectivity index (χ4v) is 2.09. The molecule has 0 heterocycles. The van der Waals surface area contributed by atoms with E-state index in [4.69, 9.17) is 5.73 Å². The summed E-state index contributed by atoms with van der Waals surface area (Å²) in [6, 6.07) is 7.79. The van der Waals surface area contributed by atoms with Crippen LogP contribution in [0.1, 0.15) is 0 Å². The number of rotatable bonds is 3. The zero-order chi connectivity index (χ0) is 15.6. The van der Waals surface area contributed by atoms with Gasteiger partial charge in [0.2, 0.25) is 0 Å². The second-order valence-electron chi connectivity index (χ2n) is 4.05. The molecule has 2 rings (SSSR count). The fraction of sp³-hybridized carbons (Fsp3) is 0.0769. The summed E-state index contributed by atoms with van der Waals surface area (Å²) in [6.07, 6.45) is -4.77. The van der Waals surface area contributed by atoms with Crippen molar-refractivity contribution in [2.45, 2.75) is 6.36 Å². The Bertz CT molecular complexity index is 661. The molecular formula is C13H9F4IN2O. The Morgan fingerprint density at radius 1 is 1.14 bits per heavy atom. The molecule has 0 unspecified atom stereocenters. The maximum atomic E-state index is 13.5. The van der Waals surface area contributed by atoms with Crippen molar-refractivity contribution in [1.82, 2.24) is 0 Å². The Morgan fingerprint density at radius 2 is 1.86 bits per heavy atom. The number of ether oxygens (including phenoxy) is 1. The van der Waals surface area contributed by atoms with Crippen LogP contribution in [0.4, 0.5) is 34.6 Å². The second-order valence-corrected chi connectivity index (χ2v) is 5.22. The summed E-state index contributed by atoms with van der Waals surface area (Å²) < 4.78 is 54.1. The number of nitrogens with one attached hydrogen (secondary N) is 1. The lowest BCUT2D eigenvalue weighted by molar-refractivity contribution is -0.274. The molecule has 0 aliphatic heterocycles. The summed E-state index contributed by atoms with van der Waals surface area (Å²) in [5, 5.41) is 2.75. The summed E-state index contributed by atoms with van der Waals surface area (Å²) >= 11 is 1.79. The Morgan fingerprint density at radius 3 is 2.52 bits per heavy atom. The number of benzene rings is 2. The molecule has 0 saturated carbocycles. The zero-order valence-electron chi connectivity index (χ0n) is 10.3. The average Bonchev–Trinajstić information content (AvgIpc) is 2.34. The molecule has 2 aromatic carbocycles. The van der Waals surface area contributed by atoms with Gasteiger partial charge in [0.05, 0.1) is 14.9 Å². The highest BCUT2D eigenvalue weighted by atomic mass is 127. The standard InChI is InChI=1S/C13H9F4IN2O/c14-9-5-12(11(19)6-10(9)18)20-7-2-1-3-8(4-7)21-13(15,16)17/h1-6,20H,19H2. The smallest absolute Gasteiger partial charge is 0.406 e. The first-order chi connectivity index (χ1) is 9.74. The van der Waals surface area contributed by atoms with Gasteiger partial charge in [-0.15, -0.1) is 13.2 Å². The third-order valence-corrected chi connectivity index (χ3v) is 3.27. The summed E-state index contributed by atoms with van der Waals surface area (Å²) in [4.78, 5) is 0. The molecule has 0 saturated heterocycles. The van der Waals surface area contributed by atoms with E-state index in [1.807, 2.05) is 0 Å². The number of hydrogen-bond acceptors (Lipinski definition) is 3. The van der Waals surface area contributed by atoms with E-state index >= 15 is 0 Å². The van der Waals surface area contributed by atoms with Crippen LogP contribution in [0.3, 0.4) is 0 Å². The zero-order valence-corrected chi connectivity index (χ0v) is 12.5. The normalized spacial score (nSPS) is 11.3. The van der Waals surface area contributed by atoms with Crippen molar-refractivity contribution in [1.29, 1.82) is 0 Å². The van der Waals surface area contributed by atoms with Crippen molar-refractivity contribution < 1.29 is 22.3 Å². The van der Waals surface area contributed by atoms with Gasteiger partial charge in [0.1, 0.15) is 11.6 Å². The van der Waals surface area contributed by atoms with Gasteiger partial charge in [-0.25, -0.2) is 4.39 Å². The monoisotopic (exact) mass is 412 g/mol. The van der Waals surface area contributed by atoms with Crippen LogP contribution in [-0.2, 0) is 0 Å². The van der Waals surface area contributed by atoms with Gasteiger partial charge >= 0.3 is 6.36 Å². The van der Waals surface area contributed by atoms with Crippen LogP contribution in [0.5, 0.6) is 5.75 Å². The molecular weight excluding hydrogens is 403 g/mol. The predicted molar refractivity (Wildman–Crippen MR) is 79.9 cm³/mol. The quantitative estimate of drug-likeness (QED) is 0.438. The molecule has 8 heteroatoms. The number of halogens is 5. The second kappa shape index (κ2) is 5.96. The Kier molecular flexibility index (Phi) is 4.45. The van der Waals surface area contributed by atoms with Gasteiger partial charge in [0.15, 0.2) is 0 Å². The number of nitrogens with two attached hydrogens (primary N) is 1. The maximum Gasteiger partial charge on any atom is 0.573 e. The molecule has 112 valence electrons. The lowest BCUT2D eigenvalue weighted by atomic mass is 10.2. The predicted octanol–water partition coefficient (Wildman–Crippen LogP) is 4.65. The number of alkyl halides is 3. The molecule has 21 heavy (non-hydrogen) atoms. The molecule has 0 bridgehead atoms. The molecule has 0 aliphatic carbocycles. The Labute approximate surface area is 131 Å². The maximum absolute atomic E-state index is 13.5. The lowest BCUT2D eigenvalue weighted by Gasteiger charge is -2.13. The van der Waals surface area contributed by atoms with E-state index in [-0.39, 0.29) is 17.1 Å². The first-order valence-corrected chi connectivity index (χ1v) is 6.70. The summed E-state index contributed by atoms with van der Waals surface area (Å²) in [5.74, 6) is -0.855. The van der Waals surface area contributed by atoms with Gasteiger partial charge < -0.3 is 15.8 Å². The molecule has 0 aromatic heterocycles. The molecule has 0 aliphatic rings. The minimum atomic E-state index is -4.77. The van der Waals surface area contributed by atoms with Crippen LogP contribution in [0.15, 0.2) is 36.4 Å². The third kappa shape index (κ3) is 4.38. The van der Waals surface area contributed by atoms with E-state index in [1.54, 1.807) is 22.6 Å². The van der Waals surface area contributed by atoms with Gasteiger partial charge in [0.25, 0.3) is 0 Å². The lowest BCUT2D eigenvalue weighted by Crippen LogP contribution is -2.17. The van der Waals surface area contributed by atoms with Crippen LogP contribution < -0.4 is 15.8 Å². The molecule has 0 amide bonds. The molecule has 0 radical (unpaired) electrons. The van der Waals surface area contributed by atoms with Crippen LogP contribution in [-0.4, -0.2) is 6.36 Å². The van der Waals surface area contributed by atoms with E-state index in [9.17, 15) is 17.6 Å². The van der Waals surface area contributed by atoms with Crippen molar-refractivity contribution in [2.75, 3.05) is 11.1 Å². The number of hydrogen-bond donors (Lipinski definition) is 2. The Balaban J connectivity index is 2.24. The fourth-order valence-electron chi connectivity index (χ4n) is 1.60. The van der Waals surface area contributed by atoms with Gasteiger partial charge in [-0.3, -0.25) is 0 Å². The van der Waals surface area contributed by atoms with Gasteiger partial charge in [-0.05, 0) is 40.8 Å². The highest BCUT2D eigenvalue weighted by molar-refractivity contribution is 14.1. The van der Waals surface area contributed by atoms with Crippen LogP contribution in [0.2, 0.25) is 0 Å². The molecule has 0 atom stereocenters. The van der Waals surface area contributed by atoms with Gasteiger partial charge in [0, 0.05) is 17.8 Å². The van der Waals surface area contributed by atoms with Crippen molar-refractivity contribution in [3.8, 4) is 5.75 Å². The molecule has 2 aromatic rings. The van der Waals surface area contributed by atoms with E-state index < -0.39 is 12.2 Å². The van der Waals surface area contributed by atoms with Gasteiger partial charge in [-0.1, -0.05) is 6.07 Å². The highest BCUT2D eigenvalue weighted by Crippen LogP contribution is 2.30. The summed E-state index contributed by atoms with van der Waals surface area (Å²) in [7, 11) is 0. The van der Waals surface area contributed by atoms with Crippen molar-refractivity contribution in [3.05, 3.63) is 45.8 Å². The van der Waals surface area contributed by atoms with Crippen LogP contribution in [0, 0.1) is 9.39 Å². The minimum Gasteiger partial charge on any atom is -0.406 e. The number of nitrogen functional groups attached to an aromatic ring is 1. The minimum absolute atomic E-state index is 0.261. The van der Waals surface area contributed by atoms with E-state index in [1.165, 1.54) is 24.3 Å². The first-order valence-electron chi connectivity index (χ1n) is 5.62. The SMILES string of the molecule is Nc1cc(I)c(F)cc1Nc1cccc(OC(F)(F)F)c1. The van der Waals surface area contributed by atoms with Crippen molar-refractivity contribution >= 4 is 39.7 Å². The molecule has 0 spiro atoms. The Hall–Kier alpha value is -1.71. The molecule has 0 fully saturated rings. The van der Waals surface area contributed by atoms with E-state index in [2.05, 4.69) is 10.1 Å². The largest absolute Gasteiger partial charge is 0.573 e. The van der Waals surface area contributed by atoms with Gasteiger partial charge in [-0.2, -0.15) is 0 Å². The van der Waals surface area contributed by atoms with E-state index in [0.29, 0.717) is 9.26 Å². The highest BCUT2D eigenvalue weighted by Gasteiger charge is 2.31. The average molecular weight is 412 g/mol. The van der Waals surface area contributed by atoms with Crippen LogP contribution >= 0.6 is 22.6 Å². The van der Waals surface area contributed by atoms with Crippen molar-refractivity contribution in [2.24, 2.45) is 0 Å². The third-order valence-electron chi connectivity index (χ3n) is 2.44. The molecule has 3 nitrogen and oxygen atoms in total. The first kappa shape index (κ1) is 15.7. The van der Waals surface area contributed by atoms with Crippen LogP contribution in [0.25, 0.3) is 0 Å². The molecule has 3 N–H and O–H groups in total.